The van der Waals surface area contributed by atoms with E-state index in [-0.39, 0.29) is 0 Å². The number of anilines is 1. The van der Waals surface area contributed by atoms with E-state index in [4.69, 9.17) is 5.73 Å². The maximum atomic E-state index is 5.59. The van der Waals surface area contributed by atoms with E-state index in [1.165, 1.54) is 0 Å². The molecule has 1 aromatic carbocycles. The molecule has 0 aliphatic rings. The van der Waals surface area contributed by atoms with Gasteiger partial charge in [-0.2, -0.15) is 5.10 Å². The van der Waals surface area contributed by atoms with E-state index in [1.807, 2.05) is 36.7 Å². The second-order valence-corrected chi connectivity index (χ2v) is 3.73. The largest absolute Gasteiger partial charge is 0.399 e. The SMILES string of the molecule is Nc1ccc(-c2cnn(I)c2)cc1. The fourth-order valence-corrected chi connectivity index (χ4v) is 1.55. The zero-order valence-corrected chi connectivity index (χ0v) is 8.97. The van der Waals surface area contributed by atoms with Gasteiger partial charge in [0.1, 0.15) is 0 Å². The maximum absolute atomic E-state index is 5.59. The molecule has 0 bridgehead atoms. The minimum absolute atomic E-state index is 0.783. The minimum Gasteiger partial charge on any atom is -0.399 e. The van der Waals surface area contributed by atoms with Crippen LogP contribution in [0.3, 0.4) is 0 Å². The summed E-state index contributed by atoms with van der Waals surface area (Å²) in [7, 11) is 0. The number of rotatable bonds is 1. The van der Waals surface area contributed by atoms with Crippen molar-refractivity contribution >= 4 is 28.6 Å². The van der Waals surface area contributed by atoms with Gasteiger partial charge in [-0.15, -0.1) is 0 Å². The lowest BCUT2D eigenvalue weighted by molar-refractivity contribution is 1.06. The van der Waals surface area contributed by atoms with Crippen LogP contribution in [0.15, 0.2) is 36.7 Å². The first-order chi connectivity index (χ1) is 6.25. The molecule has 0 unspecified atom stereocenters. The highest BCUT2D eigenvalue weighted by molar-refractivity contribution is 14.1. The van der Waals surface area contributed by atoms with E-state index in [2.05, 4.69) is 28.0 Å². The van der Waals surface area contributed by atoms with E-state index in [0.717, 1.165) is 16.8 Å². The molecule has 0 aliphatic carbocycles. The predicted octanol–water partition coefficient (Wildman–Crippen LogP) is 2.33. The quantitative estimate of drug-likeness (QED) is 0.645. The number of hydrogen-bond acceptors (Lipinski definition) is 2. The summed E-state index contributed by atoms with van der Waals surface area (Å²) in [6, 6.07) is 7.76. The fraction of sp³-hybridized carbons (Fsp3) is 0. The van der Waals surface area contributed by atoms with Crippen molar-refractivity contribution in [1.29, 1.82) is 0 Å². The molecule has 0 saturated carbocycles. The zero-order chi connectivity index (χ0) is 9.26. The molecule has 0 radical (unpaired) electrons. The summed E-state index contributed by atoms with van der Waals surface area (Å²) < 4.78 is 1.75. The van der Waals surface area contributed by atoms with Crippen molar-refractivity contribution in [2.45, 2.75) is 0 Å². The van der Waals surface area contributed by atoms with Gasteiger partial charge >= 0.3 is 0 Å². The molecule has 66 valence electrons. The third-order valence-corrected chi connectivity index (χ3v) is 2.32. The number of halogens is 1. The molecule has 3 nitrogen and oxygen atoms in total. The first kappa shape index (κ1) is 8.55. The summed E-state index contributed by atoms with van der Waals surface area (Å²) in [5.41, 5.74) is 8.61. The third kappa shape index (κ3) is 1.82. The van der Waals surface area contributed by atoms with Gasteiger partial charge in [-0.1, -0.05) is 12.1 Å². The summed E-state index contributed by atoms with van der Waals surface area (Å²) in [6.45, 7) is 0. The Kier molecular flexibility index (Phi) is 2.22. The van der Waals surface area contributed by atoms with E-state index >= 15 is 0 Å². The Labute approximate surface area is 90.1 Å². The van der Waals surface area contributed by atoms with E-state index in [1.54, 1.807) is 2.90 Å². The molecular formula is C9H8IN3. The van der Waals surface area contributed by atoms with Crippen LogP contribution in [0.4, 0.5) is 5.69 Å². The van der Waals surface area contributed by atoms with Crippen LogP contribution in [0.5, 0.6) is 0 Å². The standard InChI is InChI=1S/C9H8IN3/c10-13-6-8(5-12-13)7-1-3-9(11)4-2-7/h1-6H,11H2. The van der Waals surface area contributed by atoms with Gasteiger partial charge in [0.2, 0.25) is 0 Å². The summed E-state index contributed by atoms with van der Waals surface area (Å²) in [4.78, 5) is 0. The monoisotopic (exact) mass is 285 g/mol. The van der Waals surface area contributed by atoms with Crippen molar-refractivity contribution in [2.24, 2.45) is 0 Å². The Morgan fingerprint density at radius 1 is 1.15 bits per heavy atom. The summed E-state index contributed by atoms with van der Waals surface area (Å²) >= 11 is 2.11. The van der Waals surface area contributed by atoms with Crippen molar-refractivity contribution in [3.8, 4) is 11.1 Å². The molecule has 4 heteroatoms. The van der Waals surface area contributed by atoms with Gasteiger partial charge in [0.05, 0.1) is 29.1 Å². The number of aromatic nitrogens is 2. The molecule has 0 spiro atoms. The van der Waals surface area contributed by atoms with Crippen LogP contribution in [-0.4, -0.2) is 7.99 Å². The van der Waals surface area contributed by atoms with E-state index in [9.17, 15) is 0 Å². The van der Waals surface area contributed by atoms with Crippen LogP contribution in [-0.2, 0) is 0 Å². The highest BCUT2D eigenvalue weighted by atomic mass is 127. The molecule has 13 heavy (non-hydrogen) atoms. The fourth-order valence-electron chi connectivity index (χ4n) is 1.12. The van der Waals surface area contributed by atoms with Crippen molar-refractivity contribution in [1.82, 2.24) is 7.99 Å². The summed E-state index contributed by atoms with van der Waals surface area (Å²) in [5, 5.41) is 4.09. The number of nitrogens with two attached hydrogens (primary N) is 1. The van der Waals surface area contributed by atoms with Crippen molar-refractivity contribution < 1.29 is 0 Å². The van der Waals surface area contributed by atoms with E-state index in [0.29, 0.717) is 0 Å². The molecule has 0 aliphatic heterocycles. The minimum atomic E-state index is 0.783. The zero-order valence-electron chi connectivity index (χ0n) is 6.81. The Balaban J connectivity index is 2.41. The van der Waals surface area contributed by atoms with Crippen molar-refractivity contribution in [2.75, 3.05) is 5.73 Å². The van der Waals surface area contributed by atoms with Gasteiger partial charge in [-0.05, 0) is 17.7 Å². The van der Waals surface area contributed by atoms with Crippen LogP contribution in [0.2, 0.25) is 0 Å². The Morgan fingerprint density at radius 3 is 2.38 bits per heavy atom. The number of nitrogen functional groups attached to an aromatic ring is 1. The highest BCUT2D eigenvalue weighted by Crippen LogP contribution is 2.20. The van der Waals surface area contributed by atoms with Crippen molar-refractivity contribution in [3.63, 3.8) is 0 Å². The van der Waals surface area contributed by atoms with E-state index < -0.39 is 0 Å². The molecule has 1 aromatic heterocycles. The number of nitrogens with zero attached hydrogens (tertiary/aromatic N) is 2. The average molecular weight is 285 g/mol. The Hall–Kier alpha value is -1.04. The van der Waals surface area contributed by atoms with Gasteiger partial charge in [-0.25, -0.2) is 2.90 Å². The van der Waals surface area contributed by atoms with Crippen LogP contribution >= 0.6 is 22.9 Å². The van der Waals surface area contributed by atoms with Crippen LogP contribution in [0.25, 0.3) is 11.1 Å². The van der Waals surface area contributed by atoms with Crippen molar-refractivity contribution in [3.05, 3.63) is 36.7 Å². The number of benzene rings is 1. The van der Waals surface area contributed by atoms with Crippen LogP contribution in [0, 0.1) is 0 Å². The third-order valence-electron chi connectivity index (χ3n) is 1.80. The molecule has 2 aromatic rings. The molecule has 2 N–H and O–H groups in total. The molecule has 0 atom stereocenters. The summed E-state index contributed by atoms with van der Waals surface area (Å²) in [6.07, 6.45) is 3.80. The predicted molar refractivity (Wildman–Crippen MR) is 61.5 cm³/mol. The maximum Gasteiger partial charge on any atom is 0.0843 e. The molecular weight excluding hydrogens is 277 g/mol. The first-order valence-corrected chi connectivity index (χ1v) is 4.79. The molecule has 0 amide bonds. The first-order valence-electron chi connectivity index (χ1n) is 3.82. The lowest BCUT2D eigenvalue weighted by Crippen LogP contribution is -1.82. The topological polar surface area (TPSA) is 43.8 Å². The van der Waals surface area contributed by atoms with Gasteiger partial charge in [0.15, 0.2) is 0 Å². The van der Waals surface area contributed by atoms with Crippen LogP contribution in [0.1, 0.15) is 0 Å². The van der Waals surface area contributed by atoms with Crippen LogP contribution < -0.4 is 5.73 Å². The average Bonchev–Trinajstić information content (AvgIpc) is 2.53. The van der Waals surface area contributed by atoms with Gasteiger partial charge in [-0.3, -0.25) is 0 Å². The molecule has 0 fully saturated rings. The van der Waals surface area contributed by atoms with Gasteiger partial charge in [0, 0.05) is 17.4 Å². The number of hydrogen-bond donors (Lipinski definition) is 1. The lowest BCUT2D eigenvalue weighted by atomic mass is 10.1. The highest BCUT2D eigenvalue weighted by Gasteiger charge is 1.99. The van der Waals surface area contributed by atoms with Gasteiger partial charge in [0.25, 0.3) is 0 Å². The lowest BCUT2D eigenvalue weighted by Gasteiger charge is -1.96. The molecule has 0 saturated heterocycles. The second kappa shape index (κ2) is 3.37. The molecule has 2 rings (SSSR count). The second-order valence-electron chi connectivity index (χ2n) is 2.74. The molecule has 1 heterocycles. The smallest absolute Gasteiger partial charge is 0.0843 e. The van der Waals surface area contributed by atoms with Gasteiger partial charge < -0.3 is 5.73 Å². The summed E-state index contributed by atoms with van der Waals surface area (Å²) in [5.74, 6) is 0. The Morgan fingerprint density at radius 2 is 1.85 bits per heavy atom. The Bertz CT molecular complexity index is 405. The normalized spacial score (nSPS) is 10.2.